The summed E-state index contributed by atoms with van der Waals surface area (Å²) in [6.07, 6.45) is 0.483. The Morgan fingerprint density at radius 1 is 1.33 bits per heavy atom. The van der Waals surface area contributed by atoms with E-state index in [1.165, 1.54) is 12.1 Å². The maximum atomic E-state index is 15.2. The number of nitrogens with zero attached hydrogens (tertiary/aromatic N) is 1. The zero-order valence-corrected chi connectivity index (χ0v) is 19.3. The van der Waals surface area contributed by atoms with Gasteiger partial charge in [-0.2, -0.15) is 5.26 Å². The molecule has 0 bridgehead atoms. The van der Waals surface area contributed by atoms with Crippen molar-refractivity contribution in [2.45, 2.75) is 50.6 Å². The first-order valence-electron chi connectivity index (χ1n) is 9.60. The lowest BCUT2D eigenvalue weighted by atomic mass is 9.63. The Balaban J connectivity index is 2.33. The van der Waals surface area contributed by atoms with Gasteiger partial charge in [0.2, 0.25) is 0 Å². The second kappa shape index (κ2) is 8.30. The lowest BCUT2D eigenvalue weighted by Crippen LogP contribution is -2.44. The number of nitriles is 1. The van der Waals surface area contributed by atoms with E-state index in [0.29, 0.717) is 12.0 Å². The largest absolute Gasteiger partial charge is 0.480 e. The molecule has 158 valence electrons. The number of rotatable bonds is 4. The zero-order valence-electron chi connectivity index (χ0n) is 16.9. The molecule has 1 heterocycles. The molecule has 0 radical (unpaired) electrons. The van der Waals surface area contributed by atoms with E-state index in [4.69, 9.17) is 11.6 Å². The summed E-state index contributed by atoms with van der Waals surface area (Å²) >= 11 is 9.40. The molecular formula is C23H23BrClFN2O2. The first-order chi connectivity index (χ1) is 14.0. The van der Waals surface area contributed by atoms with Crippen LogP contribution in [-0.2, 0) is 10.2 Å². The second-order valence-corrected chi connectivity index (χ2v) is 10.3. The topological polar surface area (TPSA) is 73.1 Å². The maximum Gasteiger partial charge on any atom is 0.321 e. The van der Waals surface area contributed by atoms with Crippen molar-refractivity contribution in [2.24, 2.45) is 5.41 Å². The summed E-state index contributed by atoms with van der Waals surface area (Å²) in [6, 6.07) is 12.1. The fraction of sp³-hybridized carbons (Fsp3) is 0.391. The Morgan fingerprint density at radius 3 is 2.57 bits per heavy atom. The summed E-state index contributed by atoms with van der Waals surface area (Å²) in [5.41, 5.74) is -0.856. The first kappa shape index (κ1) is 22.7. The molecule has 0 spiro atoms. The standard InChI is InChI=1S/C23H23BrClFN2O2/c1-22(2,3)11-18-23(12-27,16-8-7-15(25)10-17(16)26)19(20(28-18)21(29)30)13-5-4-6-14(24)9-13/h4-10,18-20,28H,11H2,1-3H3,(H,29,30)/t18-,19-,20+,23-/m0/s1. The predicted molar refractivity (Wildman–Crippen MR) is 118 cm³/mol. The molecule has 0 unspecified atom stereocenters. The Kier molecular flexibility index (Phi) is 6.29. The minimum absolute atomic E-state index is 0.157. The molecule has 7 heteroatoms. The fourth-order valence-corrected chi connectivity index (χ4v) is 5.09. The average molecular weight is 494 g/mol. The number of nitrogens with one attached hydrogen (secondary N) is 1. The summed E-state index contributed by atoms with van der Waals surface area (Å²) in [5, 5.41) is 23.9. The van der Waals surface area contributed by atoms with Crippen LogP contribution in [0.4, 0.5) is 4.39 Å². The van der Waals surface area contributed by atoms with Crippen molar-refractivity contribution in [1.82, 2.24) is 5.32 Å². The Labute approximate surface area is 189 Å². The Morgan fingerprint density at radius 2 is 2.03 bits per heavy atom. The van der Waals surface area contributed by atoms with Gasteiger partial charge in [0, 0.05) is 27.0 Å². The summed E-state index contributed by atoms with van der Waals surface area (Å²) in [4.78, 5) is 12.3. The number of carbonyl (C=O) groups is 1. The number of halogens is 3. The van der Waals surface area contributed by atoms with E-state index in [1.54, 1.807) is 24.3 Å². The molecule has 0 aromatic heterocycles. The van der Waals surface area contributed by atoms with E-state index in [9.17, 15) is 15.2 Å². The van der Waals surface area contributed by atoms with Crippen LogP contribution in [-0.4, -0.2) is 23.2 Å². The molecule has 1 saturated heterocycles. The molecule has 1 aliphatic rings. The molecule has 4 nitrogen and oxygen atoms in total. The van der Waals surface area contributed by atoms with Gasteiger partial charge in [0.25, 0.3) is 0 Å². The molecule has 0 amide bonds. The van der Waals surface area contributed by atoms with Crippen molar-refractivity contribution in [3.05, 3.63) is 68.9 Å². The Bertz CT molecular complexity index is 1020. The number of hydrogen-bond acceptors (Lipinski definition) is 3. The van der Waals surface area contributed by atoms with Gasteiger partial charge in [-0.1, -0.05) is 66.5 Å². The van der Waals surface area contributed by atoms with Gasteiger partial charge < -0.3 is 5.11 Å². The van der Waals surface area contributed by atoms with Crippen molar-refractivity contribution in [2.75, 3.05) is 0 Å². The third-order valence-corrected chi connectivity index (χ3v) is 6.33. The molecule has 0 aliphatic carbocycles. The van der Waals surface area contributed by atoms with Crippen LogP contribution in [0.25, 0.3) is 0 Å². The van der Waals surface area contributed by atoms with Crippen LogP contribution in [0.15, 0.2) is 46.9 Å². The van der Waals surface area contributed by atoms with E-state index in [-0.39, 0.29) is 16.0 Å². The van der Waals surface area contributed by atoms with Gasteiger partial charge in [-0.05, 0) is 41.7 Å². The highest BCUT2D eigenvalue weighted by Crippen LogP contribution is 2.52. The van der Waals surface area contributed by atoms with Gasteiger partial charge in [-0.15, -0.1) is 0 Å². The quantitative estimate of drug-likeness (QED) is 0.577. The number of aliphatic carboxylic acids is 1. The molecule has 30 heavy (non-hydrogen) atoms. The summed E-state index contributed by atoms with van der Waals surface area (Å²) in [6.45, 7) is 6.03. The van der Waals surface area contributed by atoms with E-state index in [1.807, 2.05) is 26.8 Å². The molecule has 0 saturated carbocycles. The normalized spacial score (nSPS) is 26.4. The van der Waals surface area contributed by atoms with Crippen LogP contribution in [0.3, 0.4) is 0 Å². The van der Waals surface area contributed by atoms with Gasteiger partial charge in [0.15, 0.2) is 0 Å². The van der Waals surface area contributed by atoms with Crippen molar-refractivity contribution in [3.8, 4) is 6.07 Å². The van der Waals surface area contributed by atoms with E-state index < -0.39 is 35.2 Å². The van der Waals surface area contributed by atoms with E-state index in [0.717, 1.165) is 4.47 Å². The van der Waals surface area contributed by atoms with Gasteiger partial charge in [0.05, 0.1) is 6.07 Å². The third-order valence-electron chi connectivity index (χ3n) is 5.61. The minimum Gasteiger partial charge on any atom is -0.480 e. The highest BCUT2D eigenvalue weighted by molar-refractivity contribution is 9.10. The van der Waals surface area contributed by atoms with Crippen LogP contribution in [0.1, 0.15) is 44.2 Å². The fourth-order valence-electron chi connectivity index (χ4n) is 4.51. The molecule has 2 aromatic carbocycles. The van der Waals surface area contributed by atoms with Gasteiger partial charge in [-0.3, -0.25) is 10.1 Å². The number of carboxylic acid groups (broad SMARTS) is 1. The molecule has 1 aliphatic heterocycles. The third kappa shape index (κ3) is 4.12. The van der Waals surface area contributed by atoms with Crippen LogP contribution >= 0.6 is 27.5 Å². The average Bonchev–Trinajstić information content (AvgIpc) is 2.95. The molecular weight excluding hydrogens is 471 g/mol. The Hall–Kier alpha value is -1.94. The second-order valence-electron chi connectivity index (χ2n) is 8.94. The lowest BCUT2D eigenvalue weighted by Gasteiger charge is -2.37. The van der Waals surface area contributed by atoms with Crippen molar-refractivity contribution in [1.29, 1.82) is 5.26 Å². The van der Waals surface area contributed by atoms with Crippen LogP contribution in [0.5, 0.6) is 0 Å². The molecule has 2 aromatic rings. The molecule has 4 atom stereocenters. The number of hydrogen-bond donors (Lipinski definition) is 2. The highest BCUT2D eigenvalue weighted by Gasteiger charge is 2.60. The van der Waals surface area contributed by atoms with Crippen LogP contribution in [0.2, 0.25) is 5.02 Å². The summed E-state index contributed by atoms with van der Waals surface area (Å²) in [5.74, 6) is -2.50. The van der Waals surface area contributed by atoms with Crippen molar-refractivity contribution < 1.29 is 14.3 Å². The zero-order chi connectivity index (χ0) is 22.3. The van der Waals surface area contributed by atoms with Gasteiger partial charge >= 0.3 is 5.97 Å². The lowest BCUT2D eigenvalue weighted by molar-refractivity contribution is -0.139. The number of carboxylic acids is 1. The van der Waals surface area contributed by atoms with Crippen molar-refractivity contribution >= 4 is 33.5 Å². The monoisotopic (exact) mass is 492 g/mol. The van der Waals surface area contributed by atoms with E-state index in [2.05, 4.69) is 27.3 Å². The highest BCUT2D eigenvalue weighted by atomic mass is 79.9. The van der Waals surface area contributed by atoms with Gasteiger partial charge in [-0.25, -0.2) is 4.39 Å². The molecule has 3 rings (SSSR count). The summed E-state index contributed by atoms with van der Waals surface area (Å²) < 4.78 is 16.0. The van der Waals surface area contributed by atoms with Crippen LogP contribution in [0, 0.1) is 22.6 Å². The minimum atomic E-state index is -1.44. The van der Waals surface area contributed by atoms with Crippen molar-refractivity contribution in [3.63, 3.8) is 0 Å². The van der Waals surface area contributed by atoms with Gasteiger partial charge in [0.1, 0.15) is 17.3 Å². The van der Waals surface area contributed by atoms with Crippen LogP contribution < -0.4 is 5.32 Å². The first-order valence-corrected chi connectivity index (χ1v) is 10.8. The summed E-state index contributed by atoms with van der Waals surface area (Å²) in [7, 11) is 0. The SMILES string of the molecule is CC(C)(C)C[C@@H]1N[C@@H](C(=O)O)[C@H](c2cccc(Br)c2)[C@@]1(C#N)c1ccc(Cl)cc1F. The molecule has 1 fully saturated rings. The predicted octanol–water partition coefficient (Wildman–Crippen LogP) is 5.65. The van der Waals surface area contributed by atoms with E-state index >= 15 is 4.39 Å². The smallest absolute Gasteiger partial charge is 0.321 e. The maximum absolute atomic E-state index is 15.2. The molecule has 2 N–H and O–H groups in total. The number of benzene rings is 2.